The van der Waals surface area contributed by atoms with Crippen LogP contribution >= 0.6 is 0 Å². The molecular weight excluding hydrogens is 707 g/mol. The molecule has 3 N–H and O–H groups in total. The largest absolute Gasteiger partial charge is 0.490 e. The van der Waals surface area contributed by atoms with Crippen molar-refractivity contribution in [3.63, 3.8) is 0 Å². The minimum atomic E-state index is -4.51. The first-order chi connectivity index (χ1) is 24.4. The number of halogens is 3. The van der Waals surface area contributed by atoms with Crippen LogP contribution in [0.15, 0.2) is 51.9 Å². The van der Waals surface area contributed by atoms with Crippen molar-refractivity contribution in [3.8, 4) is 5.75 Å². The third-order valence-corrected chi connectivity index (χ3v) is 10.4. The summed E-state index contributed by atoms with van der Waals surface area (Å²) in [4.78, 5) is 30.2. The molecule has 0 saturated carbocycles. The number of sulfonamides is 1. The van der Waals surface area contributed by atoms with E-state index in [4.69, 9.17) is 14.0 Å². The summed E-state index contributed by atoms with van der Waals surface area (Å²) >= 11 is 0. The van der Waals surface area contributed by atoms with Gasteiger partial charge in [-0.05, 0) is 89.4 Å². The van der Waals surface area contributed by atoms with Gasteiger partial charge in [-0.2, -0.15) is 13.2 Å². The molecular formula is C35H46F3N5O8S. The van der Waals surface area contributed by atoms with Crippen LogP contribution in [0.3, 0.4) is 0 Å². The molecule has 0 aliphatic carbocycles. The molecule has 1 aromatic heterocycles. The average Bonchev–Trinajstić information content (AvgIpc) is 3.43. The lowest BCUT2D eigenvalue weighted by Crippen LogP contribution is -2.48. The fourth-order valence-corrected chi connectivity index (χ4v) is 7.21. The van der Waals surface area contributed by atoms with Crippen LogP contribution in [0, 0.1) is 19.8 Å². The Balaban J connectivity index is 1.60. The maximum atomic E-state index is 14.4. The van der Waals surface area contributed by atoms with Gasteiger partial charge in [0.25, 0.3) is 15.9 Å². The van der Waals surface area contributed by atoms with Crippen LogP contribution in [-0.2, 0) is 20.9 Å². The predicted molar refractivity (Wildman–Crippen MR) is 187 cm³/mol. The lowest BCUT2D eigenvalue weighted by molar-refractivity contribution is -0.137. The van der Waals surface area contributed by atoms with Gasteiger partial charge in [0.15, 0.2) is 10.7 Å². The van der Waals surface area contributed by atoms with Crippen LogP contribution in [0.4, 0.5) is 29.3 Å². The van der Waals surface area contributed by atoms with Gasteiger partial charge >= 0.3 is 12.2 Å². The van der Waals surface area contributed by atoms with E-state index in [2.05, 4.69) is 15.2 Å². The average molecular weight is 754 g/mol. The fourth-order valence-electron chi connectivity index (χ4n) is 5.83. The third kappa shape index (κ3) is 10.2. The summed E-state index contributed by atoms with van der Waals surface area (Å²) < 4.78 is 85.6. The molecule has 0 saturated heterocycles. The first-order valence-corrected chi connectivity index (χ1v) is 18.4. The van der Waals surface area contributed by atoms with Crippen LogP contribution in [0.2, 0.25) is 0 Å². The number of alkyl halides is 3. The van der Waals surface area contributed by atoms with Crippen molar-refractivity contribution >= 4 is 33.3 Å². The minimum Gasteiger partial charge on any atom is -0.490 e. The van der Waals surface area contributed by atoms with E-state index in [9.17, 15) is 36.3 Å². The zero-order chi connectivity index (χ0) is 38.4. The van der Waals surface area contributed by atoms with Gasteiger partial charge in [0.1, 0.15) is 11.4 Å². The zero-order valence-electron chi connectivity index (χ0n) is 30.0. The van der Waals surface area contributed by atoms with Crippen molar-refractivity contribution in [1.29, 1.82) is 0 Å². The lowest BCUT2D eigenvalue weighted by Gasteiger charge is -2.35. The number of carbonyl (C=O) groups is 2. The number of carbonyl (C=O) groups excluding carboxylic acids is 2. The highest BCUT2D eigenvalue weighted by molar-refractivity contribution is 7.92. The standard InChI is InChI=1S/C35H46F3N5O8S/c1-21-18-43(22(2)20-44)33(45)29-17-28(41-52(47,48)32-24(4)40-51-25(32)5)14-15-30(29)50-23(3)9-7-8-16-49-31(21)19-42(6)34(46)39-27-12-10-26(11-13-27)35(36,37)38/h10-15,17,21-23,31,41,44H,7-9,16,18-20H2,1-6H3,(H,39,46)/t21-,22+,23-,31-/m0/s1. The maximum Gasteiger partial charge on any atom is 0.416 e. The second-order valence-corrected chi connectivity index (χ2v) is 14.8. The molecule has 286 valence electrons. The molecule has 52 heavy (non-hydrogen) atoms. The topological polar surface area (TPSA) is 164 Å². The minimum absolute atomic E-state index is 0.0703. The van der Waals surface area contributed by atoms with Gasteiger partial charge in [-0.1, -0.05) is 12.1 Å². The number of hydrogen-bond acceptors (Lipinski definition) is 9. The van der Waals surface area contributed by atoms with E-state index in [1.807, 2.05) is 13.8 Å². The summed E-state index contributed by atoms with van der Waals surface area (Å²) in [7, 11) is -2.61. The maximum absolute atomic E-state index is 14.4. The smallest absolute Gasteiger partial charge is 0.416 e. The molecule has 1 aliphatic rings. The molecule has 3 amide bonds. The number of nitrogens with one attached hydrogen (secondary N) is 2. The number of aromatic nitrogens is 1. The van der Waals surface area contributed by atoms with Gasteiger partial charge in [0, 0.05) is 44.0 Å². The second-order valence-electron chi connectivity index (χ2n) is 13.2. The summed E-state index contributed by atoms with van der Waals surface area (Å²) in [6.45, 7) is 8.47. The van der Waals surface area contributed by atoms with Gasteiger partial charge < -0.3 is 34.2 Å². The van der Waals surface area contributed by atoms with Crippen molar-refractivity contribution in [2.45, 2.75) is 83.2 Å². The van der Waals surface area contributed by atoms with E-state index in [0.29, 0.717) is 19.4 Å². The number of hydrogen-bond donors (Lipinski definition) is 3. The Kier molecular flexibility index (Phi) is 13.2. The number of aliphatic hydroxyl groups excluding tert-OH is 1. The molecule has 2 heterocycles. The third-order valence-electron chi connectivity index (χ3n) is 8.80. The Morgan fingerprint density at radius 2 is 1.79 bits per heavy atom. The van der Waals surface area contributed by atoms with Crippen LogP contribution in [0.5, 0.6) is 5.75 Å². The molecule has 13 nitrogen and oxygen atoms in total. The molecule has 4 atom stereocenters. The second kappa shape index (κ2) is 17.0. The molecule has 0 bridgehead atoms. The number of likely N-dealkylation sites (N-methyl/N-ethyl adjacent to an activating group) is 1. The van der Waals surface area contributed by atoms with Gasteiger partial charge in [-0.25, -0.2) is 13.2 Å². The highest BCUT2D eigenvalue weighted by Crippen LogP contribution is 2.32. The summed E-state index contributed by atoms with van der Waals surface area (Å²) in [5.41, 5.74) is -0.318. The van der Waals surface area contributed by atoms with E-state index in [1.165, 1.54) is 61.0 Å². The van der Waals surface area contributed by atoms with Gasteiger partial charge in [0.05, 0.1) is 36.0 Å². The number of aryl methyl sites for hydroxylation is 2. The van der Waals surface area contributed by atoms with E-state index in [-0.39, 0.29) is 64.8 Å². The Hall–Kier alpha value is -4.35. The van der Waals surface area contributed by atoms with Crippen LogP contribution in [0.25, 0.3) is 0 Å². The first-order valence-electron chi connectivity index (χ1n) is 16.9. The molecule has 3 aromatic rings. The number of aliphatic hydroxyl groups is 1. The molecule has 4 rings (SSSR count). The summed E-state index contributed by atoms with van der Waals surface area (Å²) in [5, 5.41) is 16.5. The number of urea groups is 1. The number of anilines is 2. The Labute approximate surface area is 301 Å². The van der Waals surface area contributed by atoms with Crippen molar-refractivity contribution in [2.24, 2.45) is 5.92 Å². The van der Waals surface area contributed by atoms with Crippen molar-refractivity contribution in [3.05, 3.63) is 65.0 Å². The molecule has 0 spiro atoms. The van der Waals surface area contributed by atoms with E-state index >= 15 is 0 Å². The molecule has 1 aliphatic heterocycles. The molecule has 0 radical (unpaired) electrons. The van der Waals surface area contributed by atoms with Crippen LogP contribution in [0.1, 0.15) is 67.4 Å². The number of ether oxygens (including phenoxy) is 2. The van der Waals surface area contributed by atoms with E-state index < -0.39 is 51.8 Å². The Morgan fingerprint density at radius 1 is 1.12 bits per heavy atom. The number of nitrogens with zero attached hydrogens (tertiary/aromatic N) is 3. The number of rotatable bonds is 8. The SMILES string of the molecule is Cc1noc(C)c1S(=O)(=O)Nc1ccc2c(c1)C(=O)N([C@H](C)CO)C[C@H](C)[C@H](CN(C)C(=O)Nc1ccc(C(F)(F)F)cc1)OCCCC[C@H](C)O2. The first kappa shape index (κ1) is 40.4. The monoisotopic (exact) mass is 753 g/mol. The number of fused-ring (bicyclic) bond motifs is 1. The molecule has 0 unspecified atom stereocenters. The Bertz CT molecular complexity index is 1780. The Morgan fingerprint density at radius 3 is 2.40 bits per heavy atom. The van der Waals surface area contributed by atoms with Crippen LogP contribution < -0.4 is 14.8 Å². The molecule has 17 heteroatoms. The highest BCUT2D eigenvalue weighted by Gasteiger charge is 2.33. The summed E-state index contributed by atoms with van der Waals surface area (Å²) in [6.07, 6.45) is -3.41. The number of amides is 3. The van der Waals surface area contributed by atoms with Gasteiger partial charge in [0.2, 0.25) is 0 Å². The van der Waals surface area contributed by atoms with Crippen molar-refractivity contribution in [1.82, 2.24) is 15.0 Å². The summed E-state index contributed by atoms with van der Waals surface area (Å²) in [5.74, 6) is -0.581. The van der Waals surface area contributed by atoms with Crippen molar-refractivity contribution < 1.29 is 50.3 Å². The predicted octanol–water partition coefficient (Wildman–Crippen LogP) is 6.07. The summed E-state index contributed by atoms with van der Waals surface area (Å²) in [6, 6.07) is 7.27. The highest BCUT2D eigenvalue weighted by atomic mass is 32.2. The van der Waals surface area contributed by atoms with E-state index in [0.717, 1.165) is 18.6 Å². The van der Waals surface area contributed by atoms with Gasteiger partial charge in [-0.15, -0.1) is 0 Å². The van der Waals surface area contributed by atoms with E-state index in [1.54, 1.807) is 6.92 Å². The zero-order valence-corrected chi connectivity index (χ0v) is 30.8. The fraction of sp³-hybridized carbons (Fsp3) is 0.514. The van der Waals surface area contributed by atoms with Gasteiger partial charge in [-0.3, -0.25) is 9.52 Å². The van der Waals surface area contributed by atoms with Crippen molar-refractivity contribution in [2.75, 3.05) is 43.4 Å². The number of benzene rings is 2. The lowest BCUT2D eigenvalue weighted by atomic mass is 10.0. The molecule has 2 aromatic carbocycles. The normalized spacial score (nSPS) is 19.9. The quantitative estimate of drug-likeness (QED) is 0.248. The molecule has 0 fully saturated rings. The van der Waals surface area contributed by atoms with Crippen LogP contribution in [-0.4, -0.2) is 92.0 Å².